The normalized spacial score (nSPS) is 15.0. The third-order valence-corrected chi connectivity index (χ3v) is 4.31. The number of halogens is 1. The summed E-state index contributed by atoms with van der Waals surface area (Å²) in [5.74, 6) is 0.333. The van der Waals surface area contributed by atoms with Crippen molar-refractivity contribution >= 4 is 17.6 Å². The lowest BCUT2D eigenvalue weighted by atomic mass is 9.90. The van der Waals surface area contributed by atoms with Gasteiger partial charge in [-0.1, -0.05) is 37.5 Å². The second kappa shape index (κ2) is 7.90. The van der Waals surface area contributed by atoms with E-state index in [1.54, 1.807) is 12.1 Å². The average Bonchev–Trinajstić information content (AvgIpc) is 2.64. The van der Waals surface area contributed by atoms with E-state index in [9.17, 15) is 9.18 Å². The molecule has 1 aliphatic carbocycles. The van der Waals surface area contributed by atoms with Crippen molar-refractivity contribution in [2.45, 2.75) is 32.1 Å². The van der Waals surface area contributed by atoms with Crippen LogP contribution in [-0.2, 0) is 4.74 Å². The Hall–Kier alpha value is -2.43. The maximum atomic E-state index is 13.1. The van der Waals surface area contributed by atoms with Gasteiger partial charge in [0.15, 0.2) is 0 Å². The van der Waals surface area contributed by atoms with Crippen LogP contribution < -0.4 is 4.90 Å². The Bertz CT molecular complexity index is 655. The van der Waals surface area contributed by atoms with Gasteiger partial charge in [-0.3, -0.25) is 0 Å². The number of para-hydroxylation sites is 1. The molecule has 0 aliphatic heterocycles. The molecule has 3 rings (SSSR count). The molecule has 0 spiro atoms. The Kier molecular flexibility index (Phi) is 5.41. The number of carbonyl (C=O) groups excluding carboxylic acids is 1. The number of benzene rings is 1. The molecule has 5 heteroatoms. The van der Waals surface area contributed by atoms with Gasteiger partial charge < -0.3 is 4.74 Å². The molecule has 2 aromatic rings. The topological polar surface area (TPSA) is 42.4 Å². The Morgan fingerprint density at radius 3 is 2.54 bits per heavy atom. The van der Waals surface area contributed by atoms with E-state index in [4.69, 9.17) is 4.74 Å². The molecule has 0 radical (unpaired) electrons. The van der Waals surface area contributed by atoms with Gasteiger partial charge in [0.2, 0.25) is 0 Å². The fourth-order valence-electron chi connectivity index (χ4n) is 3.02. The van der Waals surface area contributed by atoms with Crippen LogP contribution >= 0.6 is 0 Å². The monoisotopic (exact) mass is 328 g/mol. The molecule has 0 N–H and O–H groups in total. The van der Waals surface area contributed by atoms with Crippen molar-refractivity contribution in [2.24, 2.45) is 5.92 Å². The lowest BCUT2D eigenvalue weighted by molar-refractivity contribution is 0.124. The van der Waals surface area contributed by atoms with Crippen LogP contribution in [0.4, 0.5) is 20.7 Å². The number of hydrogen-bond donors (Lipinski definition) is 0. The first-order valence-electron chi connectivity index (χ1n) is 8.37. The van der Waals surface area contributed by atoms with Crippen LogP contribution in [0.1, 0.15) is 32.1 Å². The number of rotatable bonds is 4. The Balaban J connectivity index is 1.76. The van der Waals surface area contributed by atoms with Crippen molar-refractivity contribution in [1.29, 1.82) is 0 Å². The molecule has 0 atom stereocenters. The summed E-state index contributed by atoms with van der Waals surface area (Å²) in [4.78, 5) is 18.0. The molecule has 1 aliphatic rings. The van der Waals surface area contributed by atoms with Crippen LogP contribution in [-0.4, -0.2) is 17.7 Å². The number of aromatic nitrogens is 1. The zero-order valence-electron chi connectivity index (χ0n) is 13.5. The van der Waals surface area contributed by atoms with E-state index in [1.807, 2.05) is 18.2 Å². The largest absolute Gasteiger partial charge is 0.449 e. The summed E-state index contributed by atoms with van der Waals surface area (Å²) in [5.41, 5.74) is 0.644. The first-order chi connectivity index (χ1) is 11.7. The number of carbonyl (C=O) groups is 1. The van der Waals surface area contributed by atoms with E-state index in [0.29, 0.717) is 24.0 Å². The number of nitrogens with zero attached hydrogens (tertiary/aromatic N) is 2. The van der Waals surface area contributed by atoms with E-state index >= 15 is 0 Å². The zero-order chi connectivity index (χ0) is 16.8. The molecule has 1 aromatic carbocycles. The maximum Gasteiger partial charge on any atom is 0.420 e. The fourth-order valence-corrected chi connectivity index (χ4v) is 3.02. The summed E-state index contributed by atoms with van der Waals surface area (Å²) in [6.45, 7) is 0.420. The van der Waals surface area contributed by atoms with Gasteiger partial charge in [-0.05, 0) is 43.0 Å². The molecule has 1 amide bonds. The van der Waals surface area contributed by atoms with Crippen molar-refractivity contribution in [3.8, 4) is 0 Å². The van der Waals surface area contributed by atoms with Gasteiger partial charge in [0.1, 0.15) is 11.6 Å². The summed E-state index contributed by atoms with van der Waals surface area (Å²) >= 11 is 0. The van der Waals surface area contributed by atoms with Gasteiger partial charge in [-0.25, -0.2) is 19.1 Å². The van der Waals surface area contributed by atoms with Gasteiger partial charge in [-0.15, -0.1) is 0 Å². The van der Waals surface area contributed by atoms with E-state index in [1.165, 1.54) is 36.3 Å². The van der Waals surface area contributed by atoms with Crippen LogP contribution in [0.25, 0.3) is 0 Å². The first-order valence-corrected chi connectivity index (χ1v) is 8.37. The van der Waals surface area contributed by atoms with Crippen LogP contribution in [0.15, 0.2) is 48.7 Å². The van der Waals surface area contributed by atoms with Gasteiger partial charge >= 0.3 is 6.09 Å². The summed E-state index contributed by atoms with van der Waals surface area (Å²) in [7, 11) is 0. The third kappa shape index (κ3) is 4.10. The Labute approximate surface area is 141 Å². The first kappa shape index (κ1) is 16.4. The van der Waals surface area contributed by atoms with E-state index in [-0.39, 0.29) is 0 Å². The number of ether oxygens (including phenoxy) is 1. The van der Waals surface area contributed by atoms with Gasteiger partial charge in [-0.2, -0.15) is 0 Å². The Morgan fingerprint density at radius 2 is 1.88 bits per heavy atom. The van der Waals surface area contributed by atoms with Crippen molar-refractivity contribution in [3.63, 3.8) is 0 Å². The van der Waals surface area contributed by atoms with Gasteiger partial charge in [0.05, 0.1) is 18.5 Å². The standard InChI is InChI=1S/C19H21FN2O2/c20-16-11-12-18(21-13-16)22(17-9-5-2-6-10-17)19(23)24-14-15-7-3-1-4-8-15/h2,5-6,9-13,15H,1,3-4,7-8,14H2. The SMILES string of the molecule is O=C(OCC1CCCCC1)N(c1ccccc1)c1ccc(F)cn1. The van der Waals surface area contributed by atoms with Crippen molar-refractivity contribution < 1.29 is 13.9 Å². The predicted octanol–water partition coefficient (Wildman–Crippen LogP) is 5.08. The average molecular weight is 328 g/mol. The minimum Gasteiger partial charge on any atom is -0.449 e. The molecule has 1 aromatic heterocycles. The molecule has 1 saturated carbocycles. The van der Waals surface area contributed by atoms with Gasteiger partial charge in [0, 0.05) is 0 Å². The molecular formula is C19H21FN2O2. The fraction of sp³-hybridized carbons (Fsp3) is 0.368. The van der Waals surface area contributed by atoms with E-state index in [0.717, 1.165) is 19.0 Å². The summed E-state index contributed by atoms with van der Waals surface area (Å²) in [6, 6.07) is 11.9. The van der Waals surface area contributed by atoms with Crippen LogP contribution in [0.3, 0.4) is 0 Å². The van der Waals surface area contributed by atoms with Crippen LogP contribution in [0.2, 0.25) is 0 Å². The molecule has 0 bridgehead atoms. The number of anilines is 2. The lowest BCUT2D eigenvalue weighted by Gasteiger charge is -2.25. The molecular weight excluding hydrogens is 307 g/mol. The second-order valence-electron chi connectivity index (χ2n) is 6.09. The predicted molar refractivity (Wildman–Crippen MR) is 90.7 cm³/mol. The minimum absolute atomic E-state index is 0.344. The smallest absolute Gasteiger partial charge is 0.420 e. The number of pyridine rings is 1. The Morgan fingerprint density at radius 1 is 1.12 bits per heavy atom. The molecule has 0 unspecified atom stereocenters. The summed E-state index contributed by atoms with van der Waals surface area (Å²) < 4.78 is 18.7. The maximum absolute atomic E-state index is 13.1. The highest BCUT2D eigenvalue weighted by Crippen LogP contribution is 2.27. The van der Waals surface area contributed by atoms with Crippen LogP contribution in [0, 0.1) is 11.7 Å². The van der Waals surface area contributed by atoms with Crippen molar-refractivity contribution in [3.05, 3.63) is 54.5 Å². The highest BCUT2D eigenvalue weighted by molar-refractivity contribution is 5.94. The summed E-state index contributed by atoms with van der Waals surface area (Å²) in [5, 5.41) is 0. The quantitative estimate of drug-likeness (QED) is 0.786. The van der Waals surface area contributed by atoms with Crippen molar-refractivity contribution in [2.75, 3.05) is 11.5 Å². The lowest BCUT2D eigenvalue weighted by Crippen LogP contribution is -2.29. The highest BCUT2D eigenvalue weighted by atomic mass is 19.1. The van der Waals surface area contributed by atoms with E-state index < -0.39 is 11.9 Å². The molecule has 4 nitrogen and oxygen atoms in total. The molecule has 126 valence electrons. The molecule has 1 heterocycles. The zero-order valence-corrected chi connectivity index (χ0v) is 13.5. The van der Waals surface area contributed by atoms with Gasteiger partial charge in [0.25, 0.3) is 0 Å². The number of amides is 1. The molecule has 0 saturated heterocycles. The molecule has 24 heavy (non-hydrogen) atoms. The summed E-state index contributed by atoms with van der Waals surface area (Å²) in [6.07, 6.45) is 6.49. The van der Waals surface area contributed by atoms with Crippen LogP contribution in [0.5, 0.6) is 0 Å². The number of hydrogen-bond acceptors (Lipinski definition) is 3. The highest BCUT2D eigenvalue weighted by Gasteiger charge is 2.23. The minimum atomic E-state index is -0.481. The third-order valence-electron chi connectivity index (χ3n) is 4.31. The van der Waals surface area contributed by atoms with Crippen molar-refractivity contribution in [1.82, 2.24) is 4.98 Å². The second-order valence-corrected chi connectivity index (χ2v) is 6.09. The van der Waals surface area contributed by atoms with E-state index in [2.05, 4.69) is 4.98 Å². The molecule has 1 fully saturated rings.